The molecule has 9 aromatic heterocycles. The third kappa shape index (κ3) is 9.81. The topological polar surface area (TPSA) is 251 Å². The van der Waals surface area contributed by atoms with Crippen molar-refractivity contribution in [1.29, 1.82) is 0 Å². The van der Waals surface area contributed by atoms with E-state index in [1.807, 2.05) is 273 Å². The van der Waals surface area contributed by atoms with Crippen molar-refractivity contribution >= 4 is 6.29 Å². The number of oxazole rings is 9. The SMILES string of the molecule is O=CC1(c2ncc(-c3ccccc3)o2)CC(c2ncc(-c3ccccc3)o2)(c2ncc(-c3ccccc3)o2)C(c2ncc(-c3ccccc3)o2)(c2ncc(-c3ccccc3)o2)C(c2ncc(-c3ccccc3)o2)(c2ncc(-c3ccccc3)o2)C1(c1ncc(-c2ccccc2)o1)c1ncc(-c2ccccc2)o1. The number of hydrogen-bond donors (Lipinski definition) is 0. The molecule has 107 heavy (non-hydrogen) atoms. The van der Waals surface area contributed by atoms with E-state index in [4.69, 9.17) is 84.6 Å². The van der Waals surface area contributed by atoms with Crippen LogP contribution in [0.2, 0.25) is 0 Å². The Morgan fingerprint density at radius 3 is 0.589 bits per heavy atom. The first-order valence-electron chi connectivity index (χ1n) is 34.5. The van der Waals surface area contributed by atoms with E-state index in [-0.39, 0.29) is 105 Å². The van der Waals surface area contributed by atoms with Crippen molar-refractivity contribution in [2.45, 2.75) is 33.5 Å². The summed E-state index contributed by atoms with van der Waals surface area (Å²) < 4.78 is 70.3. The molecule has 1 unspecified atom stereocenters. The van der Waals surface area contributed by atoms with Crippen molar-refractivity contribution in [3.05, 3.63) is 382 Å². The zero-order chi connectivity index (χ0) is 71.4. The zero-order valence-electron chi connectivity index (χ0n) is 56.6. The molecule has 1 aliphatic rings. The standard InChI is InChI=1S/C88H57N9O10/c98-56-84(75-89-46-66(99-75)57-28-10-1-11-29-57)55-85(76-90-47-67(100-76)58-30-12-2-13-31-58,77-91-48-68(101-77)59-32-14-3-15-33-59)87(80-94-51-71(104-80)62-38-20-6-21-39-62,81-95-52-72(105-81)63-40-22-7-23-41-63)88(82-96-53-73(106-82)64-42-24-8-25-43-64,83-97-54-74(107-83)65-44-26-9-27-45-65)86(84,78-92-49-69(102-78)60-34-16-4-17-35-60)79-93-50-70(103-79)61-36-18-5-19-37-61/h1-54,56H,55H2. The van der Waals surface area contributed by atoms with Crippen LogP contribution in [0.1, 0.15) is 59.4 Å². The third-order valence-electron chi connectivity index (χ3n) is 20.3. The molecular formula is C88H57N9O10. The van der Waals surface area contributed by atoms with Crippen LogP contribution in [0.25, 0.3) is 102 Å². The minimum absolute atomic E-state index is 0.197. The van der Waals surface area contributed by atoms with Crippen LogP contribution in [0.4, 0.5) is 0 Å². The maximum atomic E-state index is 17.7. The summed E-state index contributed by atoms with van der Waals surface area (Å²) in [5.41, 5.74) is -8.73. The van der Waals surface area contributed by atoms with Gasteiger partial charge in [-0.05, 0) is 6.42 Å². The molecule has 0 radical (unpaired) electrons. The molecule has 19 rings (SSSR count). The summed E-state index contributed by atoms with van der Waals surface area (Å²) >= 11 is 0. The van der Waals surface area contributed by atoms with Gasteiger partial charge in [-0.1, -0.05) is 273 Å². The normalized spacial score (nSPS) is 15.6. The molecule has 9 aromatic carbocycles. The molecule has 514 valence electrons. The van der Waals surface area contributed by atoms with Crippen molar-refractivity contribution in [1.82, 2.24) is 44.9 Å². The predicted octanol–water partition coefficient (Wildman–Crippen LogP) is 19.4. The van der Waals surface area contributed by atoms with Crippen LogP contribution in [0.3, 0.4) is 0 Å². The van der Waals surface area contributed by atoms with Crippen LogP contribution in [0.5, 0.6) is 0 Å². The number of nitrogens with zero attached hydrogens (tertiary/aromatic N) is 9. The molecule has 1 atom stereocenters. The minimum Gasteiger partial charge on any atom is -0.440 e. The fraction of sp³-hybridized carbons (Fsp3) is 0.0682. The van der Waals surface area contributed by atoms with E-state index in [9.17, 15) is 0 Å². The number of benzene rings is 9. The number of rotatable bonds is 19. The number of aromatic nitrogens is 9. The molecule has 1 aliphatic carbocycles. The van der Waals surface area contributed by atoms with Crippen molar-refractivity contribution in [2.75, 3.05) is 0 Å². The first kappa shape index (κ1) is 63.5. The van der Waals surface area contributed by atoms with Crippen LogP contribution in [0.15, 0.2) is 369 Å². The van der Waals surface area contributed by atoms with Crippen molar-refractivity contribution in [3.63, 3.8) is 0 Å². The van der Waals surface area contributed by atoms with E-state index in [1.54, 1.807) is 55.8 Å². The average molecular weight is 1400 g/mol. The first-order valence-corrected chi connectivity index (χ1v) is 34.5. The lowest BCUT2D eigenvalue weighted by molar-refractivity contribution is -0.135. The summed E-state index contributed by atoms with van der Waals surface area (Å²) in [6.07, 6.45) is 14.2. The molecule has 1 saturated carbocycles. The van der Waals surface area contributed by atoms with Gasteiger partial charge >= 0.3 is 0 Å². The fourth-order valence-corrected chi connectivity index (χ4v) is 15.6. The number of carbonyl (C=O) groups excluding carboxylic acids is 1. The monoisotopic (exact) mass is 1400 g/mol. The molecule has 0 saturated heterocycles. The summed E-state index contributed by atoms with van der Waals surface area (Å²) in [5, 5.41) is 0. The molecule has 19 heteroatoms. The molecule has 0 N–H and O–H groups in total. The maximum Gasteiger partial charge on any atom is 0.213 e. The number of aldehydes is 1. The largest absolute Gasteiger partial charge is 0.440 e. The second-order valence-corrected chi connectivity index (χ2v) is 26.0. The van der Waals surface area contributed by atoms with Gasteiger partial charge in [0.1, 0.15) is 17.1 Å². The van der Waals surface area contributed by atoms with Crippen molar-refractivity contribution in [2.24, 2.45) is 0 Å². The van der Waals surface area contributed by atoms with Gasteiger partial charge in [0.2, 0.25) is 53.0 Å². The van der Waals surface area contributed by atoms with Crippen LogP contribution in [-0.2, 0) is 31.9 Å². The fourth-order valence-electron chi connectivity index (χ4n) is 15.6. The summed E-state index contributed by atoms with van der Waals surface area (Å²) in [6, 6.07) is 84.8. The summed E-state index contributed by atoms with van der Waals surface area (Å²) in [7, 11) is 0. The van der Waals surface area contributed by atoms with Crippen molar-refractivity contribution < 1.29 is 44.5 Å². The first-order chi connectivity index (χ1) is 52.9. The summed E-state index contributed by atoms with van der Waals surface area (Å²) in [5.74, 6) is -0.459. The van der Waals surface area contributed by atoms with Gasteiger partial charge in [0.05, 0.1) is 55.8 Å². The maximum absolute atomic E-state index is 17.7. The molecule has 18 aromatic rings. The van der Waals surface area contributed by atoms with E-state index >= 15 is 4.79 Å². The van der Waals surface area contributed by atoms with E-state index < -0.39 is 33.5 Å². The van der Waals surface area contributed by atoms with Crippen LogP contribution >= 0.6 is 0 Å². The Balaban J connectivity index is 1.13. The van der Waals surface area contributed by atoms with Crippen molar-refractivity contribution in [3.8, 4) is 102 Å². The third-order valence-corrected chi connectivity index (χ3v) is 20.3. The lowest BCUT2D eigenvalue weighted by atomic mass is 9.30. The highest BCUT2D eigenvalue weighted by Crippen LogP contribution is 2.80. The average Bonchev–Trinajstić information content (AvgIpc) is 1.60. The molecule has 0 spiro atoms. The van der Waals surface area contributed by atoms with Crippen LogP contribution in [0, 0.1) is 0 Å². The number of carbonyl (C=O) groups is 1. The molecule has 0 bridgehead atoms. The Bertz CT molecular complexity index is 5800. The Kier molecular flexibility index (Phi) is 15.3. The Labute approximate surface area is 609 Å². The molecule has 1 fully saturated rings. The van der Waals surface area contributed by atoms with Gasteiger partial charge < -0.3 is 44.5 Å². The Hall–Kier alpha value is -14.5. The molecule has 9 heterocycles. The lowest BCUT2D eigenvalue weighted by Gasteiger charge is -2.64. The second-order valence-electron chi connectivity index (χ2n) is 26.0. The van der Waals surface area contributed by atoms with E-state index in [2.05, 4.69) is 0 Å². The van der Waals surface area contributed by atoms with Gasteiger partial charge in [-0.25, -0.2) is 44.9 Å². The Morgan fingerprint density at radius 1 is 0.206 bits per heavy atom. The summed E-state index contributed by atoms with van der Waals surface area (Å²) in [6.45, 7) is 0. The van der Waals surface area contributed by atoms with Gasteiger partial charge in [-0.3, -0.25) is 0 Å². The van der Waals surface area contributed by atoms with Crippen LogP contribution < -0.4 is 0 Å². The van der Waals surface area contributed by atoms with Gasteiger partial charge in [-0.2, -0.15) is 0 Å². The highest BCUT2D eigenvalue weighted by atomic mass is 16.4. The molecule has 0 amide bonds. The lowest BCUT2D eigenvalue weighted by Crippen LogP contribution is -2.81. The van der Waals surface area contributed by atoms with Crippen LogP contribution in [-0.4, -0.2) is 51.1 Å². The molecular weight excluding hydrogens is 1340 g/mol. The summed E-state index contributed by atoms with van der Waals surface area (Å²) in [4.78, 5) is 68.1. The highest BCUT2D eigenvalue weighted by molar-refractivity contribution is 5.81. The predicted molar refractivity (Wildman–Crippen MR) is 393 cm³/mol. The van der Waals surface area contributed by atoms with E-state index in [1.165, 1.54) is 0 Å². The second kappa shape index (κ2) is 25.8. The highest BCUT2D eigenvalue weighted by Gasteiger charge is 2.95. The van der Waals surface area contributed by atoms with Gasteiger partial charge in [0, 0.05) is 50.1 Å². The quantitative estimate of drug-likeness (QED) is 0.0682. The number of hydrogen-bond acceptors (Lipinski definition) is 19. The molecule has 19 nitrogen and oxygen atoms in total. The smallest absolute Gasteiger partial charge is 0.213 e. The van der Waals surface area contributed by atoms with Gasteiger partial charge in [0.25, 0.3) is 0 Å². The van der Waals surface area contributed by atoms with Gasteiger partial charge in [-0.15, -0.1) is 0 Å². The zero-order valence-corrected chi connectivity index (χ0v) is 56.6. The van der Waals surface area contributed by atoms with Gasteiger partial charge in [0.15, 0.2) is 68.1 Å². The van der Waals surface area contributed by atoms with E-state index in [0.29, 0.717) is 50.1 Å². The Morgan fingerprint density at radius 2 is 0.374 bits per heavy atom. The minimum atomic E-state index is -2.99. The van der Waals surface area contributed by atoms with E-state index in [0.717, 1.165) is 6.29 Å². The molecule has 0 aliphatic heterocycles.